The summed E-state index contributed by atoms with van der Waals surface area (Å²) < 4.78 is 104. The molecule has 228 valence electrons. The molecule has 0 unspecified atom stereocenters. The maximum Gasteiger partial charge on any atom is 0.417 e. The highest BCUT2D eigenvalue weighted by Gasteiger charge is 2.45. The Labute approximate surface area is 244 Å². The van der Waals surface area contributed by atoms with Gasteiger partial charge in [-0.2, -0.15) is 18.4 Å². The van der Waals surface area contributed by atoms with Gasteiger partial charge in [0.1, 0.15) is 22.7 Å². The van der Waals surface area contributed by atoms with Gasteiger partial charge in [0.2, 0.25) is 11.8 Å². The van der Waals surface area contributed by atoms with Gasteiger partial charge in [-0.15, -0.1) is 10.2 Å². The summed E-state index contributed by atoms with van der Waals surface area (Å²) in [7, 11) is 0. The number of hydrogen-bond donors (Lipinski definition) is 1. The summed E-state index contributed by atoms with van der Waals surface area (Å²) >= 11 is 0. The molecule has 8 nitrogen and oxygen atoms in total. The van der Waals surface area contributed by atoms with Gasteiger partial charge in [-0.05, 0) is 37.6 Å². The normalized spacial score (nSPS) is 16.8. The summed E-state index contributed by atoms with van der Waals surface area (Å²) in [6.07, 6.45) is -5.40. The van der Waals surface area contributed by atoms with Crippen LogP contribution in [-0.4, -0.2) is 27.1 Å². The van der Waals surface area contributed by atoms with Crippen LogP contribution in [0, 0.1) is 23.0 Å². The van der Waals surface area contributed by atoms with E-state index >= 15 is 13.2 Å². The lowest BCUT2D eigenvalue weighted by atomic mass is 9.96. The van der Waals surface area contributed by atoms with Crippen LogP contribution in [0.2, 0.25) is 0 Å². The third kappa shape index (κ3) is 5.60. The van der Waals surface area contributed by atoms with Crippen molar-refractivity contribution in [2.24, 2.45) is 5.73 Å². The Balaban J connectivity index is 1.54. The number of nitriles is 1. The van der Waals surface area contributed by atoms with Crippen LogP contribution in [0.25, 0.3) is 22.7 Å². The van der Waals surface area contributed by atoms with E-state index < -0.39 is 70.1 Å². The molecule has 5 rings (SSSR count). The van der Waals surface area contributed by atoms with Crippen molar-refractivity contribution in [2.45, 2.75) is 50.4 Å². The number of carbonyl (C=O) groups is 1. The summed E-state index contributed by atoms with van der Waals surface area (Å²) in [6, 6.07) is 7.58. The first kappa shape index (κ1) is 30.6. The van der Waals surface area contributed by atoms with Crippen LogP contribution in [0.1, 0.15) is 42.8 Å². The summed E-state index contributed by atoms with van der Waals surface area (Å²) in [4.78, 5) is 17.8. The molecule has 1 aliphatic rings. The highest BCUT2D eigenvalue weighted by molar-refractivity contribution is 5.99. The number of carbonyl (C=O) groups excluding carboxylic acids is 1. The molecule has 15 heteroatoms. The summed E-state index contributed by atoms with van der Waals surface area (Å²) in [5, 5.41) is 16.9. The van der Waals surface area contributed by atoms with Crippen LogP contribution in [0.15, 0.2) is 53.1 Å². The molecule has 0 radical (unpaired) electrons. The lowest BCUT2D eigenvalue weighted by molar-refractivity contribution is -0.138. The quantitative estimate of drug-likeness (QED) is 0.262. The Morgan fingerprint density at radius 3 is 2.39 bits per heavy atom. The van der Waals surface area contributed by atoms with E-state index in [9.17, 15) is 27.6 Å². The number of pyridine rings is 1. The van der Waals surface area contributed by atoms with Crippen LogP contribution in [-0.2, 0) is 28.9 Å². The summed E-state index contributed by atoms with van der Waals surface area (Å²) in [6.45, 7) is 2.61. The van der Waals surface area contributed by atoms with E-state index in [0.717, 1.165) is 11.0 Å². The van der Waals surface area contributed by atoms with Crippen molar-refractivity contribution in [3.05, 3.63) is 82.9 Å². The summed E-state index contributed by atoms with van der Waals surface area (Å²) in [5.41, 5.74) is 1.81. The fraction of sp³-hybridized carbons (Fsp3) is 0.276. The molecule has 2 aromatic carbocycles. The molecule has 1 aliphatic heterocycles. The van der Waals surface area contributed by atoms with Gasteiger partial charge in [0.25, 0.3) is 11.8 Å². The molecule has 1 amide bonds. The van der Waals surface area contributed by atoms with Crippen LogP contribution in [0.5, 0.6) is 0 Å². The predicted molar refractivity (Wildman–Crippen MR) is 141 cm³/mol. The monoisotopic (exact) mass is 618 g/mol. The minimum Gasteiger partial charge on any atom is -0.419 e. The van der Waals surface area contributed by atoms with Crippen molar-refractivity contribution in [1.82, 2.24) is 15.2 Å². The number of benzene rings is 2. The zero-order valence-electron chi connectivity index (χ0n) is 22.9. The lowest BCUT2D eigenvalue weighted by Gasteiger charge is -2.25. The number of nitrogens with two attached hydrogens (primary N) is 1. The lowest BCUT2D eigenvalue weighted by Crippen LogP contribution is -2.43. The van der Waals surface area contributed by atoms with E-state index in [1.165, 1.54) is 38.1 Å². The van der Waals surface area contributed by atoms with E-state index in [-0.39, 0.29) is 29.4 Å². The average molecular weight is 619 g/mol. The maximum absolute atomic E-state index is 15.3. The SMILES string of the molecule is CC(C)(C#N)c1nnc(-c2cc3c(cc2F)C(F)(F)C[C@H](N)C(=O)N3Cc2ccc(-c3ncc(C(F)(F)F)cc3F)cc2)o1. The van der Waals surface area contributed by atoms with E-state index in [4.69, 9.17) is 10.2 Å². The van der Waals surface area contributed by atoms with Crippen molar-refractivity contribution in [2.75, 3.05) is 4.90 Å². The molecule has 0 bridgehead atoms. The van der Waals surface area contributed by atoms with E-state index in [1.807, 2.05) is 6.07 Å². The van der Waals surface area contributed by atoms with Gasteiger partial charge in [-0.1, -0.05) is 24.3 Å². The van der Waals surface area contributed by atoms with E-state index in [2.05, 4.69) is 15.2 Å². The van der Waals surface area contributed by atoms with Crippen molar-refractivity contribution in [1.29, 1.82) is 5.26 Å². The predicted octanol–water partition coefficient (Wildman–Crippen LogP) is 6.25. The standard InChI is InChI=1S/C29H21F7N6O2/c1-27(2,13-37)26-41-40-24(44-26)17-8-22-18(9-19(17)30)28(32,33)10-21(38)25(43)42(22)12-14-3-5-15(6-4-14)23-20(31)7-16(11-39-23)29(34,35)36/h3-9,11,21H,10,12,38H2,1-2H3/t21-/m0/s1. The van der Waals surface area contributed by atoms with Crippen LogP contribution in [0.4, 0.5) is 36.4 Å². The topological polar surface area (TPSA) is 122 Å². The van der Waals surface area contributed by atoms with E-state index in [0.29, 0.717) is 23.9 Å². The van der Waals surface area contributed by atoms with Crippen LogP contribution < -0.4 is 10.6 Å². The molecule has 4 aromatic rings. The number of rotatable bonds is 5. The first-order valence-electron chi connectivity index (χ1n) is 12.9. The maximum atomic E-state index is 15.3. The second kappa shape index (κ2) is 10.7. The van der Waals surface area contributed by atoms with Crippen molar-refractivity contribution in [3.8, 4) is 28.8 Å². The Morgan fingerprint density at radius 1 is 1.09 bits per heavy atom. The third-order valence-corrected chi connectivity index (χ3v) is 7.04. The van der Waals surface area contributed by atoms with Gasteiger partial charge >= 0.3 is 6.18 Å². The number of nitrogens with zero attached hydrogens (tertiary/aromatic N) is 5. The zero-order valence-corrected chi connectivity index (χ0v) is 22.9. The van der Waals surface area contributed by atoms with Gasteiger partial charge in [0.05, 0.1) is 35.5 Å². The van der Waals surface area contributed by atoms with Crippen molar-refractivity contribution in [3.63, 3.8) is 0 Å². The van der Waals surface area contributed by atoms with Crippen molar-refractivity contribution < 1.29 is 39.9 Å². The number of alkyl halides is 5. The Kier molecular flexibility index (Phi) is 7.45. The number of aromatic nitrogens is 3. The molecular weight excluding hydrogens is 597 g/mol. The molecule has 0 aliphatic carbocycles. The highest BCUT2D eigenvalue weighted by Crippen LogP contribution is 2.45. The Hall–Kier alpha value is -4.84. The second-order valence-corrected chi connectivity index (χ2v) is 10.7. The molecule has 44 heavy (non-hydrogen) atoms. The molecule has 2 N–H and O–H groups in total. The Morgan fingerprint density at radius 2 is 1.77 bits per heavy atom. The van der Waals surface area contributed by atoms with Crippen LogP contribution >= 0.6 is 0 Å². The van der Waals surface area contributed by atoms with Crippen molar-refractivity contribution >= 4 is 11.6 Å². The molecule has 0 saturated carbocycles. The minimum absolute atomic E-state index is 0.114. The van der Waals surface area contributed by atoms with E-state index in [1.54, 1.807) is 0 Å². The van der Waals surface area contributed by atoms with Gasteiger partial charge in [-0.3, -0.25) is 9.78 Å². The first-order valence-corrected chi connectivity index (χ1v) is 12.9. The molecule has 0 spiro atoms. The van der Waals surface area contributed by atoms with Gasteiger partial charge < -0.3 is 15.1 Å². The fourth-order valence-corrected chi connectivity index (χ4v) is 4.59. The molecule has 1 atom stereocenters. The largest absolute Gasteiger partial charge is 0.419 e. The van der Waals surface area contributed by atoms with Gasteiger partial charge in [0.15, 0.2) is 0 Å². The number of hydrogen-bond acceptors (Lipinski definition) is 7. The number of halogens is 7. The summed E-state index contributed by atoms with van der Waals surface area (Å²) in [5.74, 6) is -7.54. The second-order valence-electron chi connectivity index (χ2n) is 10.7. The number of fused-ring (bicyclic) bond motifs is 1. The zero-order chi connectivity index (χ0) is 32.2. The molecule has 0 fully saturated rings. The van der Waals surface area contributed by atoms with Gasteiger partial charge in [0, 0.05) is 23.7 Å². The minimum atomic E-state index is -4.79. The molecule has 3 heterocycles. The first-order chi connectivity index (χ1) is 20.5. The van der Waals surface area contributed by atoms with Crippen LogP contribution in [0.3, 0.4) is 0 Å². The number of anilines is 1. The smallest absolute Gasteiger partial charge is 0.417 e. The molecule has 2 aromatic heterocycles. The average Bonchev–Trinajstić information content (AvgIpc) is 3.44. The molecule has 0 saturated heterocycles. The highest BCUT2D eigenvalue weighted by atomic mass is 19.4. The number of amides is 1. The Bertz CT molecular complexity index is 1800. The van der Waals surface area contributed by atoms with Gasteiger partial charge in [-0.25, -0.2) is 17.6 Å². The fourth-order valence-electron chi connectivity index (χ4n) is 4.59. The molecular formula is C29H21F7N6O2. The third-order valence-electron chi connectivity index (χ3n) is 7.04.